The molecule has 4 atom stereocenters. The van der Waals surface area contributed by atoms with Gasteiger partial charge in [0.25, 0.3) is 0 Å². The van der Waals surface area contributed by atoms with E-state index in [0.29, 0.717) is 19.1 Å². The second kappa shape index (κ2) is 10.4. The molecule has 2 rings (SSSR count). The summed E-state index contributed by atoms with van der Waals surface area (Å²) in [5, 5.41) is 3.12. The topological polar surface area (TPSA) is 73.6 Å². The molecule has 3 N–H and O–H groups in total. The van der Waals surface area contributed by atoms with Crippen LogP contribution in [0.1, 0.15) is 51.9 Å². The summed E-state index contributed by atoms with van der Waals surface area (Å²) in [5.74, 6) is 0.396. The molecule has 1 saturated heterocycles. The van der Waals surface area contributed by atoms with Crippen molar-refractivity contribution >= 4 is 18.3 Å². The summed E-state index contributed by atoms with van der Waals surface area (Å²) in [6.07, 6.45) is 7.64. The SMILES string of the molecule is CC(OCC1CCCCO1)C(=O)NC1CCCCC1CN.Cl. The summed E-state index contributed by atoms with van der Waals surface area (Å²) < 4.78 is 11.3. The Balaban J connectivity index is 0.00000242. The van der Waals surface area contributed by atoms with E-state index in [-0.39, 0.29) is 30.5 Å². The van der Waals surface area contributed by atoms with Crippen LogP contribution in [0.15, 0.2) is 0 Å². The second-order valence-electron chi connectivity index (χ2n) is 6.36. The minimum atomic E-state index is -0.420. The summed E-state index contributed by atoms with van der Waals surface area (Å²) >= 11 is 0. The van der Waals surface area contributed by atoms with Crippen molar-refractivity contribution in [3.05, 3.63) is 0 Å². The molecule has 2 fully saturated rings. The summed E-state index contributed by atoms with van der Waals surface area (Å²) in [5.41, 5.74) is 5.80. The van der Waals surface area contributed by atoms with Crippen molar-refractivity contribution in [3.8, 4) is 0 Å². The number of carbonyl (C=O) groups is 1. The molecule has 0 spiro atoms. The highest BCUT2D eigenvalue weighted by Gasteiger charge is 2.27. The fraction of sp³-hybridized carbons (Fsp3) is 0.938. The van der Waals surface area contributed by atoms with Crippen molar-refractivity contribution in [2.24, 2.45) is 11.7 Å². The third-order valence-corrected chi connectivity index (χ3v) is 4.71. The van der Waals surface area contributed by atoms with Crippen LogP contribution < -0.4 is 11.1 Å². The van der Waals surface area contributed by atoms with Crippen LogP contribution in [0.3, 0.4) is 0 Å². The van der Waals surface area contributed by atoms with Gasteiger partial charge in [0.2, 0.25) is 5.91 Å². The van der Waals surface area contributed by atoms with Crippen LogP contribution in [0.25, 0.3) is 0 Å². The van der Waals surface area contributed by atoms with Crippen LogP contribution in [0.4, 0.5) is 0 Å². The molecular weight excluding hydrogens is 304 g/mol. The molecule has 1 aliphatic heterocycles. The number of nitrogens with one attached hydrogen (secondary N) is 1. The number of ether oxygens (including phenoxy) is 2. The number of rotatable bonds is 6. The molecule has 22 heavy (non-hydrogen) atoms. The Morgan fingerprint density at radius 3 is 2.68 bits per heavy atom. The van der Waals surface area contributed by atoms with Gasteiger partial charge in [-0.25, -0.2) is 0 Å². The van der Waals surface area contributed by atoms with E-state index in [1.165, 1.54) is 19.3 Å². The number of carbonyl (C=O) groups excluding carboxylic acids is 1. The van der Waals surface area contributed by atoms with E-state index in [4.69, 9.17) is 15.2 Å². The van der Waals surface area contributed by atoms with E-state index in [0.717, 1.165) is 32.3 Å². The fourth-order valence-corrected chi connectivity index (χ4v) is 3.25. The van der Waals surface area contributed by atoms with Crippen LogP contribution in [-0.4, -0.2) is 43.9 Å². The molecule has 1 saturated carbocycles. The number of amides is 1. The first-order chi connectivity index (χ1) is 10.2. The predicted octanol–water partition coefficient (Wildman–Crippen LogP) is 2.02. The monoisotopic (exact) mass is 334 g/mol. The lowest BCUT2D eigenvalue weighted by molar-refractivity contribution is -0.136. The van der Waals surface area contributed by atoms with Gasteiger partial charge in [-0.2, -0.15) is 0 Å². The molecule has 6 heteroatoms. The summed E-state index contributed by atoms with van der Waals surface area (Å²) in [6.45, 7) is 3.79. The minimum Gasteiger partial charge on any atom is -0.376 e. The number of halogens is 1. The zero-order valence-electron chi connectivity index (χ0n) is 13.6. The van der Waals surface area contributed by atoms with Gasteiger partial charge < -0.3 is 20.5 Å². The highest BCUT2D eigenvalue weighted by Crippen LogP contribution is 2.23. The molecule has 2 aliphatic rings. The third-order valence-electron chi connectivity index (χ3n) is 4.71. The Hall–Kier alpha value is -0.360. The van der Waals surface area contributed by atoms with Crippen molar-refractivity contribution < 1.29 is 14.3 Å². The molecule has 130 valence electrons. The largest absolute Gasteiger partial charge is 0.376 e. The molecule has 0 aromatic carbocycles. The van der Waals surface area contributed by atoms with Crippen LogP contribution >= 0.6 is 12.4 Å². The van der Waals surface area contributed by atoms with Gasteiger partial charge in [-0.05, 0) is 51.5 Å². The van der Waals surface area contributed by atoms with E-state index in [2.05, 4.69) is 5.32 Å². The van der Waals surface area contributed by atoms with Gasteiger partial charge in [0.05, 0.1) is 12.7 Å². The van der Waals surface area contributed by atoms with Crippen molar-refractivity contribution in [1.29, 1.82) is 0 Å². The lowest BCUT2D eigenvalue weighted by Gasteiger charge is -2.32. The van der Waals surface area contributed by atoms with Gasteiger partial charge in [0.1, 0.15) is 6.10 Å². The highest BCUT2D eigenvalue weighted by atomic mass is 35.5. The predicted molar refractivity (Wildman–Crippen MR) is 89.2 cm³/mol. The lowest BCUT2D eigenvalue weighted by Crippen LogP contribution is -2.48. The van der Waals surface area contributed by atoms with Crippen molar-refractivity contribution in [2.45, 2.75) is 70.1 Å². The Labute approximate surface area is 140 Å². The van der Waals surface area contributed by atoms with Gasteiger partial charge in [-0.1, -0.05) is 12.8 Å². The third kappa shape index (κ3) is 6.03. The Morgan fingerprint density at radius 2 is 2.00 bits per heavy atom. The molecule has 1 heterocycles. The van der Waals surface area contributed by atoms with Crippen LogP contribution in [-0.2, 0) is 14.3 Å². The average molecular weight is 335 g/mol. The van der Waals surface area contributed by atoms with Gasteiger partial charge in [-0.3, -0.25) is 4.79 Å². The first-order valence-electron chi connectivity index (χ1n) is 8.44. The molecule has 0 bridgehead atoms. The fourth-order valence-electron chi connectivity index (χ4n) is 3.25. The maximum Gasteiger partial charge on any atom is 0.249 e. The normalized spacial score (nSPS) is 30.2. The molecule has 1 aliphatic carbocycles. The molecule has 5 nitrogen and oxygen atoms in total. The van der Waals surface area contributed by atoms with E-state index >= 15 is 0 Å². The van der Waals surface area contributed by atoms with E-state index < -0.39 is 6.10 Å². The standard InChI is InChI=1S/C16H30N2O3.ClH/c1-12(21-11-14-7-4-5-9-20-14)16(19)18-15-8-3-2-6-13(15)10-17;/h12-15H,2-11,17H2,1H3,(H,18,19);1H. The van der Waals surface area contributed by atoms with Crippen LogP contribution in [0.2, 0.25) is 0 Å². The van der Waals surface area contributed by atoms with Gasteiger partial charge >= 0.3 is 0 Å². The number of hydrogen-bond donors (Lipinski definition) is 2. The van der Waals surface area contributed by atoms with Gasteiger partial charge in [0, 0.05) is 12.6 Å². The molecule has 0 aromatic rings. The van der Waals surface area contributed by atoms with Crippen molar-refractivity contribution in [3.63, 3.8) is 0 Å². The maximum atomic E-state index is 12.2. The molecule has 1 amide bonds. The summed E-state index contributed by atoms with van der Waals surface area (Å²) in [4.78, 5) is 12.2. The first kappa shape index (κ1) is 19.7. The zero-order valence-corrected chi connectivity index (χ0v) is 14.4. The summed E-state index contributed by atoms with van der Waals surface area (Å²) in [7, 11) is 0. The van der Waals surface area contributed by atoms with Crippen LogP contribution in [0.5, 0.6) is 0 Å². The molecule has 0 radical (unpaired) electrons. The Morgan fingerprint density at radius 1 is 1.27 bits per heavy atom. The van der Waals surface area contributed by atoms with E-state index in [1.54, 1.807) is 0 Å². The molecular formula is C16H31ClN2O3. The molecule has 0 aromatic heterocycles. The zero-order chi connectivity index (χ0) is 15.1. The highest BCUT2D eigenvalue weighted by molar-refractivity contribution is 5.85. The number of hydrogen-bond acceptors (Lipinski definition) is 4. The van der Waals surface area contributed by atoms with E-state index in [1.807, 2.05) is 6.92 Å². The van der Waals surface area contributed by atoms with Crippen molar-refractivity contribution in [2.75, 3.05) is 19.8 Å². The van der Waals surface area contributed by atoms with Gasteiger partial charge in [0.15, 0.2) is 0 Å². The van der Waals surface area contributed by atoms with E-state index in [9.17, 15) is 4.79 Å². The van der Waals surface area contributed by atoms with Crippen molar-refractivity contribution in [1.82, 2.24) is 5.32 Å². The lowest BCUT2D eigenvalue weighted by atomic mass is 9.84. The second-order valence-corrected chi connectivity index (χ2v) is 6.36. The van der Waals surface area contributed by atoms with Gasteiger partial charge in [-0.15, -0.1) is 12.4 Å². The summed E-state index contributed by atoms with van der Waals surface area (Å²) in [6, 6.07) is 0.216. The Bertz CT molecular complexity index is 325. The average Bonchev–Trinajstić information content (AvgIpc) is 2.54. The minimum absolute atomic E-state index is 0. The smallest absolute Gasteiger partial charge is 0.249 e. The quantitative estimate of drug-likeness (QED) is 0.779. The molecule has 4 unspecified atom stereocenters. The van der Waals surface area contributed by atoms with Crippen LogP contribution in [0, 0.1) is 5.92 Å². The maximum absolute atomic E-state index is 12.2. The Kier molecular flexibility index (Phi) is 9.33. The number of nitrogens with two attached hydrogens (primary N) is 1. The first-order valence-corrected chi connectivity index (χ1v) is 8.44.